The molecule has 0 atom stereocenters. The number of halogens is 4. The molecule has 1 aromatic rings. The number of aromatic carboxylic acids is 1. The number of hydrogen-bond donors (Lipinski definition) is 2. The molecule has 0 aliphatic heterocycles. The largest absolute Gasteiger partial charge is 0.493 e. The van der Waals surface area contributed by atoms with Crippen molar-refractivity contribution in [3.05, 3.63) is 23.5 Å². The van der Waals surface area contributed by atoms with E-state index in [1.165, 1.54) is 0 Å². The SMILES string of the molecule is Nc1c(F)ccc(OCCCC(F)(F)F)c1C(=O)O. The molecule has 1 aromatic carbocycles. The normalized spacial score (nSPS) is 11.4. The van der Waals surface area contributed by atoms with Gasteiger partial charge in [0, 0.05) is 6.42 Å². The van der Waals surface area contributed by atoms with Gasteiger partial charge >= 0.3 is 12.1 Å². The number of carboxylic acid groups (broad SMARTS) is 1. The van der Waals surface area contributed by atoms with Gasteiger partial charge < -0.3 is 15.6 Å². The Labute approximate surface area is 105 Å². The summed E-state index contributed by atoms with van der Waals surface area (Å²) in [5.74, 6) is -2.70. The topological polar surface area (TPSA) is 72.5 Å². The Morgan fingerprint density at radius 1 is 1.37 bits per heavy atom. The summed E-state index contributed by atoms with van der Waals surface area (Å²) in [5.41, 5.74) is 4.04. The van der Waals surface area contributed by atoms with Crippen LogP contribution in [-0.2, 0) is 0 Å². The van der Waals surface area contributed by atoms with Crippen LogP contribution in [0.4, 0.5) is 23.2 Å². The summed E-state index contributed by atoms with van der Waals surface area (Å²) >= 11 is 0. The predicted molar refractivity (Wildman–Crippen MR) is 58.6 cm³/mol. The molecule has 0 aliphatic rings. The molecule has 106 valence electrons. The number of hydrogen-bond acceptors (Lipinski definition) is 3. The lowest BCUT2D eigenvalue weighted by molar-refractivity contribution is -0.136. The van der Waals surface area contributed by atoms with Gasteiger partial charge in [0.15, 0.2) is 0 Å². The van der Waals surface area contributed by atoms with Crippen molar-refractivity contribution in [2.75, 3.05) is 12.3 Å². The molecule has 0 amide bonds. The van der Waals surface area contributed by atoms with Crippen molar-refractivity contribution >= 4 is 11.7 Å². The smallest absolute Gasteiger partial charge is 0.389 e. The lowest BCUT2D eigenvalue weighted by Gasteiger charge is -2.12. The van der Waals surface area contributed by atoms with E-state index in [2.05, 4.69) is 0 Å². The van der Waals surface area contributed by atoms with Gasteiger partial charge in [0.2, 0.25) is 0 Å². The summed E-state index contributed by atoms with van der Waals surface area (Å²) in [5, 5.41) is 8.85. The van der Waals surface area contributed by atoms with Gasteiger partial charge in [-0.3, -0.25) is 0 Å². The number of rotatable bonds is 5. The van der Waals surface area contributed by atoms with Gasteiger partial charge in [0.25, 0.3) is 0 Å². The van der Waals surface area contributed by atoms with Crippen LogP contribution >= 0.6 is 0 Å². The van der Waals surface area contributed by atoms with Gasteiger partial charge in [0.1, 0.15) is 17.1 Å². The highest BCUT2D eigenvalue weighted by molar-refractivity contribution is 5.96. The molecule has 1 rings (SSSR count). The quantitative estimate of drug-likeness (QED) is 0.494. The number of carboxylic acids is 1. The van der Waals surface area contributed by atoms with Crippen molar-refractivity contribution in [2.24, 2.45) is 0 Å². The van der Waals surface area contributed by atoms with Crippen LogP contribution in [0.3, 0.4) is 0 Å². The zero-order valence-electron chi connectivity index (χ0n) is 9.63. The highest BCUT2D eigenvalue weighted by atomic mass is 19.4. The van der Waals surface area contributed by atoms with Crippen molar-refractivity contribution in [3.63, 3.8) is 0 Å². The highest BCUT2D eigenvalue weighted by Crippen LogP contribution is 2.28. The van der Waals surface area contributed by atoms with Gasteiger partial charge in [-0.15, -0.1) is 0 Å². The number of benzene rings is 1. The number of nitrogen functional groups attached to an aromatic ring is 1. The summed E-state index contributed by atoms with van der Waals surface area (Å²) in [6.45, 7) is -0.342. The van der Waals surface area contributed by atoms with E-state index < -0.39 is 35.6 Å². The standard InChI is InChI=1S/C11H11F4NO3/c12-6-2-3-7(8(9(6)16)10(17)18)19-5-1-4-11(13,14)15/h2-3H,1,4-5,16H2,(H,17,18). The van der Waals surface area contributed by atoms with Crippen molar-refractivity contribution in [1.29, 1.82) is 0 Å². The van der Waals surface area contributed by atoms with Gasteiger partial charge in [0.05, 0.1) is 12.3 Å². The summed E-state index contributed by atoms with van der Waals surface area (Å²) in [4.78, 5) is 10.9. The molecular formula is C11H11F4NO3. The number of carbonyl (C=O) groups is 1. The van der Waals surface area contributed by atoms with E-state index in [1.54, 1.807) is 0 Å². The first kappa shape index (κ1) is 15.1. The first-order valence-electron chi connectivity index (χ1n) is 5.23. The van der Waals surface area contributed by atoms with Crippen LogP contribution in [0.2, 0.25) is 0 Å². The van der Waals surface area contributed by atoms with Crippen LogP contribution in [0.25, 0.3) is 0 Å². The molecule has 19 heavy (non-hydrogen) atoms. The Hall–Kier alpha value is -1.99. The molecule has 8 heteroatoms. The predicted octanol–water partition coefficient (Wildman–Crippen LogP) is 2.83. The summed E-state index contributed by atoms with van der Waals surface area (Å²) < 4.78 is 53.6. The fourth-order valence-corrected chi connectivity index (χ4v) is 1.37. The Morgan fingerprint density at radius 2 is 2.00 bits per heavy atom. The van der Waals surface area contributed by atoms with E-state index in [-0.39, 0.29) is 18.8 Å². The maximum atomic E-state index is 13.1. The first-order valence-corrected chi connectivity index (χ1v) is 5.23. The van der Waals surface area contributed by atoms with Crippen molar-refractivity contribution in [2.45, 2.75) is 19.0 Å². The molecule has 0 radical (unpaired) electrons. The van der Waals surface area contributed by atoms with E-state index in [0.717, 1.165) is 12.1 Å². The molecule has 3 N–H and O–H groups in total. The molecule has 0 bridgehead atoms. The average molecular weight is 281 g/mol. The van der Waals surface area contributed by atoms with Crippen LogP contribution in [0.15, 0.2) is 12.1 Å². The van der Waals surface area contributed by atoms with Crippen molar-refractivity contribution in [3.8, 4) is 5.75 Å². The van der Waals surface area contributed by atoms with Crippen LogP contribution in [0.1, 0.15) is 23.2 Å². The Bertz CT molecular complexity index is 474. The lowest BCUT2D eigenvalue weighted by Crippen LogP contribution is -2.12. The van der Waals surface area contributed by atoms with E-state index in [0.29, 0.717) is 0 Å². The molecule has 0 aliphatic carbocycles. The fraction of sp³-hybridized carbons (Fsp3) is 0.364. The molecule has 0 saturated carbocycles. The summed E-state index contributed by atoms with van der Waals surface area (Å²) in [7, 11) is 0. The van der Waals surface area contributed by atoms with E-state index in [4.69, 9.17) is 15.6 Å². The van der Waals surface area contributed by atoms with E-state index in [1.807, 2.05) is 0 Å². The van der Waals surface area contributed by atoms with Crippen LogP contribution in [0.5, 0.6) is 5.75 Å². The van der Waals surface area contributed by atoms with Gasteiger partial charge in [-0.25, -0.2) is 9.18 Å². The van der Waals surface area contributed by atoms with Crippen molar-refractivity contribution < 1.29 is 32.2 Å². The second-order valence-corrected chi connectivity index (χ2v) is 3.71. The summed E-state index contributed by atoms with van der Waals surface area (Å²) in [6, 6.07) is 1.91. The molecule has 4 nitrogen and oxygen atoms in total. The maximum absolute atomic E-state index is 13.1. The molecular weight excluding hydrogens is 270 g/mol. The molecule has 0 saturated heterocycles. The first-order chi connectivity index (χ1) is 8.72. The van der Waals surface area contributed by atoms with E-state index >= 15 is 0 Å². The number of alkyl halides is 3. The number of nitrogens with two attached hydrogens (primary N) is 1. The molecule has 0 fully saturated rings. The van der Waals surface area contributed by atoms with Crippen LogP contribution < -0.4 is 10.5 Å². The molecule has 0 spiro atoms. The highest BCUT2D eigenvalue weighted by Gasteiger charge is 2.26. The number of anilines is 1. The third kappa shape index (κ3) is 4.31. The zero-order chi connectivity index (χ0) is 14.6. The Balaban J connectivity index is 2.74. The third-order valence-electron chi connectivity index (χ3n) is 2.23. The maximum Gasteiger partial charge on any atom is 0.389 e. The van der Waals surface area contributed by atoms with Gasteiger partial charge in [-0.05, 0) is 18.6 Å². The van der Waals surface area contributed by atoms with Crippen LogP contribution in [-0.4, -0.2) is 23.9 Å². The zero-order valence-corrected chi connectivity index (χ0v) is 9.63. The third-order valence-corrected chi connectivity index (χ3v) is 2.23. The lowest BCUT2D eigenvalue weighted by atomic mass is 10.1. The minimum absolute atomic E-state index is 0.256. The Kier molecular flexibility index (Phi) is 4.57. The number of ether oxygens (including phenoxy) is 1. The average Bonchev–Trinajstić information content (AvgIpc) is 2.27. The minimum atomic E-state index is -4.30. The minimum Gasteiger partial charge on any atom is -0.493 e. The second kappa shape index (κ2) is 5.77. The van der Waals surface area contributed by atoms with Crippen molar-refractivity contribution in [1.82, 2.24) is 0 Å². The van der Waals surface area contributed by atoms with Gasteiger partial charge in [-0.2, -0.15) is 13.2 Å². The van der Waals surface area contributed by atoms with Crippen LogP contribution in [0, 0.1) is 5.82 Å². The van der Waals surface area contributed by atoms with Gasteiger partial charge in [-0.1, -0.05) is 0 Å². The fourth-order valence-electron chi connectivity index (χ4n) is 1.37. The van der Waals surface area contributed by atoms with E-state index in [9.17, 15) is 22.4 Å². The Morgan fingerprint density at radius 3 is 2.53 bits per heavy atom. The monoisotopic (exact) mass is 281 g/mol. The summed E-state index contributed by atoms with van der Waals surface area (Å²) in [6.07, 6.45) is -5.69. The second-order valence-electron chi connectivity index (χ2n) is 3.71. The molecule has 0 aromatic heterocycles. The molecule has 0 heterocycles. The molecule has 0 unspecified atom stereocenters.